The molecule has 0 radical (unpaired) electrons. The van der Waals surface area contributed by atoms with Crippen LogP contribution in [0.1, 0.15) is 39.1 Å². The number of piperidine rings is 1. The number of likely N-dealkylation sites (tertiary alicyclic amines) is 1. The predicted octanol–water partition coefficient (Wildman–Crippen LogP) is 2.56. The van der Waals surface area contributed by atoms with E-state index in [0.717, 1.165) is 19.4 Å². The minimum atomic E-state index is -3.84. The smallest absolute Gasteiger partial charge is 0.253 e. The molecule has 1 fully saturated rings. The van der Waals surface area contributed by atoms with Crippen molar-refractivity contribution in [1.29, 1.82) is 0 Å². The van der Waals surface area contributed by atoms with Crippen LogP contribution in [-0.4, -0.2) is 51.7 Å². The van der Waals surface area contributed by atoms with E-state index in [-0.39, 0.29) is 45.0 Å². The molecule has 1 saturated heterocycles. The van der Waals surface area contributed by atoms with Gasteiger partial charge in [-0.1, -0.05) is 12.1 Å². The first-order valence-corrected chi connectivity index (χ1v) is 10.9. The fourth-order valence-electron chi connectivity index (χ4n) is 4.10. The molecule has 2 aliphatic heterocycles. The molecule has 0 saturated carbocycles. The van der Waals surface area contributed by atoms with E-state index in [9.17, 15) is 18.0 Å². The molecule has 154 valence electrons. The second-order valence-corrected chi connectivity index (χ2v) is 9.24. The number of amides is 1. The highest BCUT2D eigenvalue weighted by molar-refractivity contribution is 7.91. The Kier molecular flexibility index (Phi) is 6.12. The van der Waals surface area contributed by atoms with E-state index >= 15 is 0 Å². The molecule has 8 heteroatoms. The Hall–Kier alpha value is -2.22. The van der Waals surface area contributed by atoms with Gasteiger partial charge >= 0.3 is 0 Å². The summed E-state index contributed by atoms with van der Waals surface area (Å²) in [4.78, 5) is 27.4. The molecule has 1 N–H and O–H groups in total. The highest BCUT2D eigenvalue weighted by Gasteiger charge is 2.35. The van der Waals surface area contributed by atoms with Crippen LogP contribution < -0.4 is 5.32 Å². The molecule has 4 rings (SSSR count). The molecule has 6 nitrogen and oxygen atoms in total. The van der Waals surface area contributed by atoms with Crippen molar-refractivity contribution in [3.8, 4) is 0 Å². The van der Waals surface area contributed by atoms with Crippen molar-refractivity contribution in [1.82, 2.24) is 10.2 Å². The normalized spacial score (nSPS) is 19.7. The Balaban J connectivity index is 0.00000240. The van der Waals surface area contributed by atoms with Crippen molar-refractivity contribution >= 4 is 33.9 Å². The zero-order chi connectivity index (χ0) is 19.9. The van der Waals surface area contributed by atoms with Gasteiger partial charge in [-0.3, -0.25) is 9.59 Å². The van der Waals surface area contributed by atoms with Crippen LogP contribution in [0.5, 0.6) is 0 Å². The quantitative estimate of drug-likeness (QED) is 0.684. The van der Waals surface area contributed by atoms with Gasteiger partial charge in [-0.15, -0.1) is 12.4 Å². The predicted molar refractivity (Wildman–Crippen MR) is 112 cm³/mol. The third-order valence-electron chi connectivity index (χ3n) is 5.48. The number of nitrogens with one attached hydrogen (secondary N) is 1. The van der Waals surface area contributed by atoms with Crippen LogP contribution in [0.2, 0.25) is 0 Å². The maximum Gasteiger partial charge on any atom is 0.253 e. The number of ketones is 1. The summed E-state index contributed by atoms with van der Waals surface area (Å²) >= 11 is 0. The molecule has 1 unspecified atom stereocenters. The summed E-state index contributed by atoms with van der Waals surface area (Å²) in [5.41, 5.74) is 0.613. The van der Waals surface area contributed by atoms with E-state index in [1.807, 2.05) is 7.05 Å². The topological polar surface area (TPSA) is 83.6 Å². The first kappa shape index (κ1) is 21.5. The largest absolute Gasteiger partial charge is 0.338 e. The minimum absolute atomic E-state index is 0. The van der Waals surface area contributed by atoms with Crippen LogP contribution in [0, 0.1) is 5.92 Å². The van der Waals surface area contributed by atoms with Crippen molar-refractivity contribution < 1.29 is 18.0 Å². The van der Waals surface area contributed by atoms with E-state index in [4.69, 9.17) is 0 Å². The Morgan fingerprint density at radius 3 is 2.62 bits per heavy atom. The van der Waals surface area contributed by atoms with Gasteiger partial charge in [0.05, 0.1) is 9.79 Å². The third-order valence-corrected chi connectivity index (χ3v) is 7.33. The fourth-order valence-corrected chi connectivity index (χ4v) is 5.78. The molecule has 2 aliphatic rings. The van der Waals surface area contributed by atoms with Crippen molar-refractivity contribution in [2.24, 2.45) is 5.92 Å². The molecule has 0 aromatic heterocycles. The Morgan fingerprint density at radius 1 is 1.14 bits per heavy atom. The lowest BCUT2D eigenvalue weighted by Gasteiger charge is -2.33. The van der Waals surface area contributed by atoms with Gasteiger partial charge in [0.15, 0.2) is 5.78 Å². The first-order valence-electron chi connectivity index (χ1n) is 9.40. The average molecular weight is 435 g/mol. The highest BCUT2D eigenvalue weighted by atomic mass is 35.5. The van der Waals surface area contributed by atoms with E-state index in [2.05, 4.69) is 5.32 Å². The lowest BCUT2D eigenvalue weighted by Crippen LogP contribution is -2.42. The molecule has 1 atom stereocenters. The molecule has 0 aliphatic carbocycles. The van der Waals surface area contributed by atoms with Crippen molar-refractivity contribution in [3.05, 3.63) is 59.2 Å². The van der Waals surface area contributed by atoms with Crippen LogP contribution in [0.15, 0.2) is 52.3 Å². The van der Waals surface area contributed by atoms with Gasteiger partial charge in [0.1, 0.15) is 0 Å². The second-order valence-electron chi connectivity index (χ2n) is 7.36. The third kappa shape index (κ3) is 3.70. The van der Waals surface area contributed by atoms with Crippen LogP contribution >= 0.6 is 12.4 Å². The summed E-state index contributed by atoms with van der Waals surface area (Å²) < 4.78 is 26.1. The van der Waals surface area contributed by atoms with Gasteiger partial charge in [0, 0.05) is 29.8 Å². The van der Waals surface area contributed by atoms with Gasteiger partial charge in [-0.25, -0.2) is 8.42 Å². The maximum absolute atomic E-state index is 13.0. The molecule has 0 spiro atoms. The molecule has 2 aromatic rings. The number of fused-ring (bicyclic) bond motifs is 2. The Morgan fingerprint density at radius 2 is 1.86 bits per heavy atom. The zero-order valence-corrected chi connectivity index (χ0v) is 17.7. The lowest BCUT2D eigenvalue weighted by atomic mass is 9.96. The number of hydrogen-bond donors (Lipinski definition) is 1. The zero-order valence-electron chi connectivity index (χ0n) is 16.1. The number of hydrogen-bond acceptors (Lipinski definition) is 5. The molecule has 2 aromatic carbocycles. The lowest BCUT2D eigenvalue weighted by molar-refractivity contribution is 0.0673. The Bertz CT molecular complexity index is 1070. The molecule has 1 amide bonds. The number of benzene rings is 2. The number of nitrogens with zero attached hydrogens (tertiary/aromatic N) is 1. The van der Waals surface area contributed by atoms with E-state index in [0.29, 0.717) is 24.6 Å². The number of halogens is 1. The maximum atomic E-state index is 13.0. The molecule has 29 heavy (non-hydrogen) atoms. The van der Waals surface area contributed by atoms with E-state index in [1.54, 1.807) is 23.1 Å². The summed E-state index contributed by atoms with van der Waals surface area (Å²) in [6.07, 6.45) is 1.99. The molecular formula is C21H23ClN2O4S. The van der Waals surface area contributed by atoms with Crippen molar-refractivity contribution in [3.63, 3.8) is 0 Å². The van der Waals surface area contributed by atoms with Crippen LogP contribution in [-0.2, 0) is 9.84 Å². The highest BCUT2D eigenvalue weighted by Crippen LogP contribution is 2.35. The fraction of sp³-hybridized carbons (Fsp3) is 0.333. The Labute approximate surface area is 176 Å². The summed E-state index contributed by atoms with van der Waals surface area (Å²) in [6.45, 7) is 2.14. The van der Waals surface area contributed by atoms with Crippen molar-refractivity contribution in [2.75, 3.05) is 26.7 Å². The second kappa shape index (κ2) is 8.26. The SMILES string of the molecule is CNCC1CCCN(C(=O)c2ccc3c(c2)S(=O)(=O)c2ccccc2C3=O)C1.Cl. The number of carbonyl (C=O) groups excluding carboxylic acids is 2. The number of rotatable bonds is 3. The van der Waals surface area contributed by atoms with Crippen LogP contribution in [0.4, 0.5) is 0 Å². The van der Waals surface area contributed by atoms with Crippen LogP contribution in [0.3, 0.4) is 0 Å². The van der Waals surface area contributed by atoms with Gasteiger partial charge in [0.25, 0.3) is 5.91 Å². The van der Waals surface area contributed by atoms with E-state index < -0.39 is 9.84 Å². The molecule has 2 heterocycles. The standard InChI is InChI=1S/C21H22N2O4S.ClH/c1-22-12-14-5-4-10-23(13-14)21(25)15-8-9-17-19(11-15)28(26,27)18-7-3-2-6-16(18)20(17)24;/h2-3,6-9,11,14,22H,4-5,10,12-13H2,1H3;1H. The number of sulfone groups is 1. The summed E-state index contributed by atoms with van der Waals surface area (Å²) in [5, 5.41) is 3.15. The summed E-state index contributed by atoms with van der Waals surface area (Å²) in [6, 6.07) is 10.6. The monoisotopic (exact) mass is 434 g/mol. The van der Waals surface area contributed by atoms with Gasteiger partial charge < -0.3 is 10.2 Å². The molecule has 0 bridgehead atoms. The minimum Gasteiger partial charge on any atom is -0.338 e. The van der Waals surface area contributed by atoms with Gasteiger partial charge in [-0.05, 0) is 62.7 Å². The summed E-state index contributed by atoms with van der Waals surface area (Å²) in [5.74, 6) is -0.130. The van der Waals surface area contributed by atoms with Gasteiger partial charge in [-0.2, -0.15) is 0 Å². The molecular weight excluding hydrogens is 412 g/mol. The first-order chi connectivity index (χ1) is 13.4. The average Bonchev–Trinajstić information content (AvgIpc) is 2.72. The van der Waals surface area contributed by atoms with Crippen molar-refractivity contribution in [2.45, 2.75) is 22.6 Å². The van der Waals surface area contributed by atoms with E-state index in [1.165, 1.54) is 24.3 Å². The van der Waals surface area contributed by atoms with Crippen LogP contribution in [0.25, 0.3) is 0 Å². The summed E-state index contributed by atoms with van der Waals surface area (Å²) in [7, 11) is -1.95. The van der Waals surface area contributed by atoms with Gasteiger partial charge in [0.2, 0.25) is 9.84 Å². The number of carbonyl (C=O) groups is 2.